The number of alkyl halides is 2. The molecule has 2 aromatic carbocycles. The van der Waals surface area contributed by atoms with Crippen molar-refractivity contribution in [3.05, 3.63) is 57.6 Å². The minimum atomic E-state index is -2.84. The van der Waals surface area contributed by atoms with Gasteiger partial charge in [0.25, 0.3) is 0 Å². The Kier molecular flexibility index (Phi) is 12.1. The number of carbonyl (C=O) groups is 3. The molecule has 6 rings (SSSR count). The van der Waals surface area contributed by atoms with Crippen LogP contribution in [0.3, 0.4) is 0 Å². The lowest BCUT2D eigenvalue weighted by Crippen LogP contribution is -2.52. The molecule has 2 heterocycles. The van der Waals surface area contributed by atoms with Crippen molar-refractivity contribution >= 4 is 48.2 Å². The van der Waals surface area contributed by atoms with Crippen molar-refractivity contribution < 1.29 is 53.4 Å². The van der Waals surface area contributed by atoms with Gasteiger partial charge in [-0.3, -0.25) is 18.9 Å². The van der Waals surface area contributed by atoms with Crippen LogP contribution in [-0.2, 0) is 29.8 Å². The Balaban J connectivity index is 0.000000292. The summed E-state index contributed by atoms with van der Waals surface area (Å²) in [4.78, 5) is 39.0. The number of phenols is 2. The van der Waals surface area contributed by atoms with Crippen LogP contribution in [-0.4, -0.2) is 111 Å². The lowest BCUT2D eigenvalue weighted by molar-refractivity contribution is -0.247. The average molecular weight is 759 g/mol. The summed E-state index contributed by atoms with van der Waals surface area (Å²) < 4.78 is 31.0. The van der Waals surface area contributed by atoms with Crippen LogP contribution in [0.4, 0.5) is 0 Å². The third kappa shape index (κ3) is 7.39. The fraction of sp³-hybridized carbons (Fsp3) is 0.545. The number of hydrogen-bond acceptors (Lipinski definition) is 12. The summed E-state index contributed by atoms with van der Waals surface area (Å²) >= 11 is 11.1. The number of aromatic hydroxyl groups is 2. The second-order valence-electron chi connectivity index (χ2n) is 12.7. The number of ether oxygens (including phenoxy) is 2. The van der Waals surface area contributed by atoms with Crippen molar-refractivity contribution in [2.75, 3.05) is 38.0 Å². The number of ketones is 3. The Labute approximate surface area is 299 Å². The number of rotatable bonds is 8. The first-order valence-corrected chi connectivity index (χ1v) is 19.0. The van der Waals surface area contributed by atoms with Crippen molar-refractivity contribution in [2.45, 2.75) is 75.8 Å². The van der Waals surface area contributed by atoms with Crippen LogP contribution in [0, 0.1) is 0 Å². The highest BCUT2D eigenvalue weighted by molar-refractivity contribution is 7.54. The molecule has 7 N–H and O–H groups in total. The number of fused-ring (bicyclic) bond motifs is 3. The summed E-state index contributed by atoms with van der Waals surface area (Å²) in [6.07, 6.45) is -3.48. The number of nitrogens with two attached hydrogens (primary N) is 1. The van der Waals surface area contributed by atoms with Gasteiger partial charge in [-0.15, -0.1) is 23.2 Å². The molecule has 14 nitrogen and oxygen atoms in total. The summed E-state index contributed by atoms with van der Waals surface area (Å²) in [5, 5.41) is 46.7. The molecule has 274 valence electrons. The minimum absolute atomic E-state index is 0.00588. The van der Waals surface area contributed by atoms with E-state index in [1.165, 1.54) is 19.1 Å². The largest absolute Gasteiger partial charge is 0.507 e. The fourth-order valence-electron chi connectivity index (χ4n) is 6.74. The molecule has 0 bridgehead atoms. The van der Waals surface area contributed by atoms with Crippen molar-refractivity contribution in [1.82, 2.24) is 9.76 Å². The van der Waals surface area contributed by atoms with Crippen LogP contribution in [0.15, 0.2) is 24.3 Å². The monoisotopic (exact) mass is 757 g/mol. The minimum Gasteiger partial charge on any atom is -0.507 e. The highest BCUT2D eigenvalue weighted by atomic mass is 35.5. The number of hydrogen-bond donors (Lipinski definition) is 6. The van der Waals surface area contributed by atoms with E-state index >= 15 is 0 Å². The number of aliphatic hydroxyl groups is 2. The van der Waals surface area contributed by atoms with Gasteiger partial charge in [0, 0.05) is 79.0 Å². The van der Waals surface area contributed by atoms with E-state index in [0.717, 1.165) is 13.0 Å². The van der Waals surface area contributed by atoms with E-state index in [1.54, 1.807) is 23.7 Å². The van der Waals surface area contributed by atoms with Gasteiger partial charge in [-0.25, -0.2) is 9.76 Å². The quantitative estimate of drug-likeness (QED) is 0.111. The molecule has 4 aliphatic rings. The maximum absolute atomic E-state index is 13.3. The summed E-state index contributed by atoms with van der Waals surface area (Å²) in [6.45, 7) is 5.16. The molecule has 50 heavy (non-hydrogen) atoms. The van der Waals surface area contributed by atoms with Gasteiger partial charge in [0.1, 0.15) is 17.1 Å². The zero-order valence-corrected chi connectivity index (χ0v) is 30.0. The second kappa shape index (κ2) is 15.6. The average Bonchev–Trinajstić information content (AvgIpc) is 3.08. The van der Waals surface area contributed by atoms with Gasteiger partial charge < -0.3 is 40.2 Å². The van der Waals surface area contributed by atoms with Crippen LogP contribution in [0.5, 0.6) is 11.5 Å². The van der Waals surface area contributed by atoms with E-state index in [0.29, 0.717) is 31.5 Å². The molecule has 0 amide bonds. The second-order valence-corrected chi connectivity index (χ2v) is 15.7. The normalized spacial score (nSPS) is 30.8. The van der Waals surface area contributed by atoms with Crippen molar-refractivity contribution in [1.29, 1.82) is 0 Å². The van der Waals surface area contributed by atoms with Gasteiger partial charge in [0.05, 0.1) is 36.0 Å². The third-order valence-electron chi connectivity index (χ3n) is 9.44. The van der Waals surface area contributed by atoms with Crippen LogP contribution in [0.2, 0.25) is 0 Å². The Morgan fingerprint density at radius 1 is 1.14 bits per heavy atom. The molecule has 0 radical (unpaired) electrons. The number of benzene rings is 2. The first-order chi connectivity index (χ1) is 23.7. The summed E-state index contributed by atoms with van der Waals surface area (Å²) in [7, 11) is -2.84. The molecule has 2 aliphatic carbocycles. The van der Waals surface area contributed by atoms with Crippen LogP contribution >= 0.6 is 30.9 Å². The van der Waals surface area contributed by atoms with E-state index < -0.39 is 79.2 Å². The SMILES string of the molecule is CC(=O)[C@]1(O)Cc2c(O)c3c(c(O)c2[C@@H](O[C@H]2C[C@H](N)[C@H](O)[C@H](C)O2)C1)C(=O)c1ccccc1C3=O.O=P1(NCCCl)OCCCN1CCCl. The first kappa shape index (κ1) is 38.8. The van der Waals surface area contributed by atoms with E-state index in [4.69, 9.17) is 42.9 Å². The standard InChI is InChI=1S/C26H27NO9.C7H15Cl2N2O2P/c1-10-21(29)15(27)7-17(35-10)36-16-9-26(34,11(2)28)8-14-18(16)25(33)20-19(24(14)32)22(30)12-5-3-4-6-13(12)23(20)31;8-2-4-10-14(12)11(6-3-9)5-1-7-13-14/h3-6,10,15-17,21,29,32-34H,7-9,27H2,1-2H3;1-7H2,(H,10,12)/t10-,15-,16-,17-,21+,26-;/m0./s1. The van der Waals surface area contributed by atoms with Gasteiger partial charge in [-0.1, -0.05) is 24.3 Å². The van der Waals surface area contributed by atoms with Crippen LogP contribution in [0.25, 0.3) is 0 Å². The van der Waals surface area contributed by atoms with E-state index in [-0.39, 0.29) is 46.2 Å². The number of nitrogens with zero attached hydrogens (tertiary/aromatic N) is 1. The van der Waals surface area contributed by atoms with E-state index in [9.17, 15) is 39.4 Å². The molecule has 1 unspecified atom stereocenters. The van der Waals surface area contributed by atoms with Gasteiger partial charge >= 0.3 is 7.67 Å². The molecule has 0 spiro atoms. The Morgan fingerprint density at radius 2 is 1.78 bits per heavy atom. The summed E-state index contributed by atoms with van der Waals surface area (Å²) in [5.74, 6) is -2.18. The maximum atomic E-state index is 13.3. The van der Waals surface area contributed by atoms with Gasteiger partial charge in [0.15, 0.2) is 23.6 Å². The summed E-state index contributed by atoms with van der Waals surface area (Å²) in [6, 6.07) is 5.40. The lowest BCUT2D eigenvalue weighted by Gasteiger charge is -2.42. The third-order valence-corrected chi connectivity index (χ3v) is 12.1. The van der Waals surface area contributed by atoms with E-state index in [2.05, 4.69) is 5.09 Å². The molecule has 2 saturated heterocycles. The zero-order valence-electron chi connectivity index (χ0n) is 27.6. The Morgan fingerprint density at radius 3 is 2.36 bits per heavy atom. The molecule has 0 saturated carbocycles. The smallest absolute Gasteiger partial charge is 0.343 e. The van der Waals surface area contributed by atoms with Crippen molar-refractivity contribution in [2.24, 2.45) is 5.73 Å². The molecule has 2 aliphatic heterocycles. The molecule has 0 aromatic heterocycles. The number of halogens is 2. The predicted molar refractivity (Wildman–Crippen MR) is 183 cm³/mol. The van der Waals surface area contributed by atoms with Crippen molar-refractivity contribution in [3.8, 4) is 11.5 Å². The molecular weight excluding hydrogens is 716 g/mol. The van der Waals surface area contributed by atoms with Gasteiger partial charge in [-0.05, 0) is 20.3 Å². The van der Waals surface area contributed by atoms with Crippen molar-refractivity contribution in [3.63, 3.8) is 0 Å². The lowest BCUT2D eigenvalue weighted by atomic mass is 9.72. The van der Waals surface area contributed by atoms with Crippen LogP contribution < -0.4 is 10.8 Å². The topological polar surface area (TPSA) is 218 Å². The number of aliphatic hydroxyl groups excluding tert-OH is 1. The van der Waals surface area contributed by atoms with E-state index in [1.807, 2.05) is 0 Å². The Hall–Kier alpha value is -2.46. The van der Waals surface area contributed by atoms with Gasteiger partial charge in [-0.2, -0.15) is 0 Å². The van der Waals surface area contributed by atoms with Crippen LogP contribution in [0.1, 0.15) is 82.2 Å². The highest BCUT2D eigenvalue weighted by Gasteiger charge is 2.49. The molecule has 17 heteroatoms. The molecule has 2 fully saturated rings. The fourth-order valence-corrected chi connectivity index (χ4v) is 9.28. The zero-order chi connectivity index (χ0) is 36.5. The predicted octanol–water partition coefficient (Wildman–Crippen LogP) is 2.90. The molecular formula is C33H42Cl2N3O11P. The first-order valence-electron chi connectivity index (χ1n) is 16.3. The summed E-state index contributed by atoms with van der Waals surface area (Å²) in [5.41, 5.74) is 3.38. The molecule has 2 aromatic rings. The molecule has 7 atom stereocenters. The number of nitrogens with one attached hydrogen (secondary N) is 1. The Bertz CT molecular complexity index is 1680. The number of carbonyl (C=O) groups excluding carboxylic acids is 3. The van der Waals surface area contributed by atoms with Gasteiger partial charge in [0.2, 0.25) is 0 Å². The maximum Gasteiger partial charge on any atom is 0.343 e. The number of Topliss-reactive ketones (excluding diaryl/α,β-unsaturated/α-hetero) is 1. The number of phenolic OH excluding ortho intramolecular Hbond substituents is 2. The highest BCUT2D eigenvalue weighted by Crippen LogP contribution is 2.52.